The summed E-state index contributed by atoms with van der Waals surface area (Å²) < 4.78 is 0. The van der Waals surface area contributed by atoms with Crippen molar-refractivity contribution in [1.29, 1.82) is 0 Å². The normalized spacial score (nSPS) is 12.3. The quantitative estimate of drug-likeness (QED) is 0.872. The van der Waals surface area contributed by atoms with Crippen LogP contribution in [0.25, 0.3) is 0 Å². The predicted molar refractivity (Wildman–Crippen MR) is 61.5 cm³/mol. The lowest BCUT2D eigenvalue weighted by molar-refractivity contribution is -0.139. The van der Waals surface area contributed by atoms with Crippen molar-refractivity contribution in [3.63, 3.8) is 0 Å². The molecule has 0 spiro atoms. The zero-order chi connectivity index (χ0) is 10.0. The summed E-state index contributed by atoms with van der Waals surface area (Å²) in [7, 11) is 0. The van der Waals surface area contributed by atoms with E-state index in [4.69, 9.17) is 5.11 Å². The first-order valence-corrected chi connectivity index (χ1v) is 5.18. The largest absolute Gasteiger partial charge is 0.481 e. The van der Waals surface area contributed by atoms with Crippen LogP contribution in [0.15, 0.2) is 11.4 Å². The fourth-order valence-electron chi connectivity index (χ4n) is 1.35. The molecule has 1 atom stereocenters. The van der Waals surface area contributed by atoms with Crippen molar-refractivity contribution < 1.29 is 9.90 Å². The topological polar surface area (TPSA) is 37.3 Å². The van der Waals surface area contributed by atoms with Crippen molar-refractivity contribution in [2.24, 2.45) is 5.92 Å². The van der Waals surface area contributed by atoms with Crippen LogP contribution >= 0.6 is 23.7 Å². The molecule has 80 valence electrons. The van der Waals surface area contributed by atoms with Crippen molar-refractivity contribution in [2.45, 2.75) is 26.7 Å². The van der Waals surface area contributed by atoms with Gasteiger partial charge in [0.2, 0.25) is 0 Å². The second-order valence-electron chi connectivity index (χ2n) is 3.59. The first-order chi connectivity index (χ1) is 6.02. The molecule has 0 bridgehead atoms. The molecule has 0 amide bonds. The molecule has 2 nitrogen and oxygen atoms in total. The Kier molecular flexibility index (Phi) is 5.16. The van der Waals surface area contributed by atoms with E-state index < -0.39 is 5.97 Å². The van der Waals surface area contributed by atoms with E-state index >= 15 is 0 Å². The monoisotopic (exact) mass is 234 g/mol. The van der Waals surface area contributed by atoms with Gasteiger partial charge in [-0.15, -0.1) is 23.7 Å². The highest BCUT2D eigenvalue weighted by molar-refractivity contribution is 7.10. The van der Waals surface area contributed by atoms with E-state index in [0.29, 0.717) is 0 Å². The van der Waals surface area contributed by atoms with Gasteiger partial charge in [-0.3, -0.25) is 4.79 Å². The first kappa shape index (κ1) is 13.5. The van der Waals surface area contributed by atoms with Gasteiger partial charge in [0.05, 0.1) is 5.92 Å². The smallest absolute Gasteiger partial charge is 0.312 e. The van der Waals surface area contributed by atoms with Gasteiger partial charge in [-0.1, -0.05) is 13.8 Å². The average molecular weight is 235 g/mol. The van der Waals surface area contributed by atoms with Gasteiger partial charge >= 0.3 is 5.97 Å². The second kappa shape index (κ2) is 5.37. The number of aliphatic carboxylic acids is 1. The Hall–Kier alpha value is -0.540. The van der Waals surface area contributed by atoms with Crippen molar-refractivity contribution in [1.82, 2.24) is 0 Å². The molecule has 1 aromatic heterocycles. The van der Waals surface area contributed by atoms with Crippen LogP contribution in [0.3, 0.4) is 0 Å². The second-order valence-corrected chi connectivity index (χ2v) is 4.53. The van der Waals surface area contributed by atoms with E-state index in [1.54, 1.807) is 0 Å². The maximum absolute atomic E-state index is 11.0. The van der Waals surface area contributed by atoms with Gasteiger partial charge in [-0.25, -0.2) is 0 Å². The van der Waals surface area contributed by atoms with Gasteiger partial charge < -0.3 is 5.11 Å². The summed E-state index contributed by atoms with van der Waals surface area (Å²) in [5.41, 5.74) is 1.15. The average Bonchev–Trinajstić information content (AvgIpc) is 2.34. The van der Waals surface area contributed by atoms with Crippen molar-refractivity contribution in [3.8, 4) is 0 Å². The Morgan fingerprint density at radius 1 is 1.50 bits per heavy atom. The molecule has 4 heteroatoms. The zero-order valence-electron chi connectivity index (χ0n) is 8.48. The summed E-state index contributed by atoms with van der Waals surface area (Å²) in [5, 5.41) is 11.0. The Balaban J connectivity index is 0.00000169. The lowest BCUT2D eigenvalue weighted by Gasteiger charge is -2.13. The minimum atomic E-state index is -0.725. The Morgan fingerprint density at radius 2 is 2.07 bits per heavy atom. The number of carboxylic acids is 1. The maximum atomic E-state index is 11.0. The molecule has 0 aromatic carbocycles. The van der Waals surface area contributed by atoms with Gasteiger partial charge in [-0.05, 0) is 29.9 Å². The molecular formula is C10H15ClO2S. The van der Waals surface area contributed by atoms with E-state index in [1.165, 1.54) is 11.3 Å². The number of aryl methyl sites for hydroxylation is 1. The van der Waals surface area contributed by atoms with Gasteiger partial charge in [-0.2, -0.15) is 0 Å². The predicted octanol–water partition coefficient (Wildman–Crippen LogP) is 3.30. The number of carboxylic acid groups (broad SMARTS) is 1. The third-order valence-electron chi connectivity index (χ3n) is 1.99. The highest BCUT2D eigenvalue weighted by Crippen LogP contribution is 2.29. The number of carbonyl (C=O) groups is 1. The van der Waals surface area contributed by atoms with Crippen LogP contribution in [-0.2, 0) is 4.79 Å². The van der Waals surface area contributed by atoms with Crippen LogP contribution in [0.1, 0.15) is 30.2 Å². The summed E-state index contributed by atoms with van der Waals surface area (Å²) in [6.07, 6.45) is 0. The minimum absolute atomic E-state index is 0. The molecule has 14 heavy (non-hydrogen) atoms. The van der Waals surface area contributed by atoms with Crippen molar-refractivity contribution in [2.75, 3.05) is 0 Å². The number of hydrogen-bond donors (Lipinski definition) is 1. The summed E-state index contributed by atoms with van der Waals surface area (Å²) in [6.45, 7) is 5.86. The standard InChI is InChI=1S/C10H14O2S.ClH/c1-6(2)9(10(11)12)8-4-7(3)5-13-8;/h4-6,9H,1-3H3,(H,11,12);1H. The first-order valence-electron chi connectivity index (χ1n) is 4.30. The Labute approximate surface area is 94.4 Å². The van der Waals surface area contributed by atoms with E-state index in [1.807, 2.05) is 32.2 Å². The summed E-state index contributed by atoms with van der Waals surface area (Å²) >= 11 is 1.53. The summed E-state index contributed by atoms with van der Waals surface area (Å²) in [6, 6.07) is 1.96. The van der Waals surface area contributed by atoms with Crippen LogP contribution in [0, 0.1) is 12.8 Å². The third kappa shape index (κ3) is 3.00. The molecule has 0 saturated heterocycles. The molecule has 1 unspecified atom stereocenters. The van der Waals surface area contributed by atoms with E-state index in [2.05, 4.69) is 0 Å². The summed E-state index contributed by atoms with van der Waals surface area (Å²) in [5.74, 6) is -0.925. The lowest BCUT2D eigenvalue weighted by Crippen LogP contribution is -2.16. The number of rotatable bonds is 3. The molecule has 1 aromatic rings. The molecule has 1 heterocycles. The molecular weight excluding hydrogens is 220 g/mol. The SMILES string of the molecule is Cc1csc(C(C(=O)O)C(C)C)c1.Cl. The highest BCUT2D eigenvalue weighted by Gasteiger charge is 2.24. The minimum Gasteiger partial charge on any atom is -0.481 e. The fourth-order valence-corrected chi connectivity index (χ4v) is 2.52. The molecule has 0 radical (unpaired) electrons. The molecule has 0 fully saturated rings. The number of hydrogen-bond acceptors (Lipinski definition) is 2. The van der Waals surface area contributed by atoms with Crippen LogP contribution in [0.4, 0.5) is 0 Å². The zero-order valence-corrected chi connectivity index (χ0v) is 10.1. The maximum Gasteiger partial charge on any atom is 0.312 e. The molecule has 0 aliphatic carbocycles. The fraction of sp³-hybridized carbons (Fsp3) is 0.500. The highest BCUT2D eigenvalue weighted by atomic mass is 35.5. The molecule has 0 aliphatic rings. The Bertz CT molecular complexity index is 307. The molecule has 0 saturated carbocycles. The van der Waals surface area contributed by atoms with Gasteiger partial charge in [0.15, 0.2) is 0 Å². The lowest BCUT2D eigenvalue weighted by atomic mass is 9.94. The molecule has 1 N–H and O–H groups in total. The third-order valence-corrected chi connectivity index (χ3v) is 3.12. The van der Waals surface area contributed by atoms with Crippen LogP contribution in [-0.4, -0.2) is 11.1 Å². The van der Waals surface area contributed by atoms with Crippen LogP contribution in [0.2, 0.25) is 0 Å². The van der Waals surface area contributed by atoms with E-state index in [-0.39, 0.29) is 24.2 Å². The number of thiophene rings is 1. The number of halogens is 1. The van der Waals surface area contributed by atoms with E-state index in [9.17, 15) is 4.79 Å². The Morgan fingerprint density at radius 3 is 2.36 bits per heavy atom. The van der Waals surface area contributed by atoms with E-state index in [0.717, 1.165) is 10.4 Å². The van der Waals surface area contributed by atoms with Crippen LogP contribution in [0.5, 0.6) is 0 Å². The molecule has 0 aliphatic heterocycles. The summed E-state index contributed by atoms with van der Waals surface area (Å²) in [4.78, 5) is 11.9. The van der Waals surface area contributed by atoms with Crippen molar-refractivity contribution in [3.05, 3.63) is 21.9 Å². The van der Waals surface area contributed by atoms with Crippen molar-refractivity contribution >= 4 is 29.7 Å². The van der Waals surface area contributed by atoms with Crippen LogP contribution < -0.4 is 0 Å². The van der Waals surface area contributed by atoms with Gasteiger partial charge in [0, 0.05) is 4.88 Å². The van der Waals surface area contributed by atoms with Gasteiger partial charge in [0.1, 0.15) is 0 Å². The molecule has 1 rings (SSSR count). The van der Waals surface area contributed by atoms with Gasteiger partial charge in [0.25, 0.3) is 0 Å².